The first-order valence-electron chi connectivity index (χ1n) is 21.5. The Bertz CT molecular complexity index is 1510. The maximum absolute atomic E-state index is 14.3. The zero-order valence-electron chi connectivity index (χ0n) is 37.7. The minimum Gasteiger partial charge on any atom is -0.508 e. The van der Waals surface area contributed by atoms with Gasteiger partial charge >= 0.3 is 0 Å². The Morgan fingerprint density at radius 3 is 2.07 bits per heavy atom. The molecule has 0 unspecified atom stereocenters. The number of amides is 5. The Morgan fingerprint density at radius 2 is 1.54 bits per heavy atom. The molecule has 15 nitrogen and oxygen atoms in total. The number of nitrogens with zero attached hydrogens (tertiary/aromatic N) is 4. The number of rotatable bonds is 21. The molecule has 5 amide bonds. The van der Waals surface area contributed by atoms with Gasteiger partial charge in [0.25, 0.3) is 5.91 Å². The number of nitrogens with one attached hydrogen (secondary N) is 2. The summed E-state index contributed by atoms with van der Waals surface area (Å²) in [5.74, 6) is -2.24. The molecule has 0 radical (unpaired) electrons. The minimum atomic E-state index is -0.931. The summed E-state index contributed by atoms with van der Waals surface area (Å²) in [6, 6.07) is 3.48. The van der Waals surface area contributed by atoms with Crippen LogP contribution >= 0.6 is 0 Å². The van der Waals surface area contributed by atoms with Crippen LogP contribution < -0.4 is 10.6 Å². The number of benzene rings is 1. The van der Waals surface area contributed by atoms with Gasteiger partial charge in [0, 0.05) is 40.8 Å². The summed E-state index contributed by atoms with van der Waals surface area (Å²) >= 11 is 0. The third-order valence-electron chi connectivity index (χ3n) is 12.2. The average Bonchev–Trinajstić information content (AvgIpc) is 3.69. The number of likely N-dealkylation sites (tertiary alicyclic amines) is 1. The van der Waals surface area contributed by atoms with Crippen molar-refractivity contribution < 1.29 is 43.4 Å². The molecule has 0 bridgehead atoms. The zero-order chi connectivity index (χ0) is 44.1. The molecule has 2 fully saturated rings. The van der Waals surface area contributed by atoms with Crippen molar-refractivity contribution in [1.82, 2.24) is 30.4 Å². The Kier molecular flexibility index (Phi) is 19.6. The summed E-state index contributed by atoms with van der Waals surface area (Å²) in [5, 5.41) is 17.1. The molecule has 9 atom stereocenters. The van der Waals surface area contributed by atoms with Gasteiger partial charge in [0.2, 0.25) is 23.6 Å². The molecule has 2 saturated heterocycles. The smallest absolute Gasteiger partial charge is 0.269 e. The third-order valence-corrected chi connectivity index (χ3v) is 12.2. The van der Waals surface area contributed by atoms with E-state index in [1.165, 1.54) is 24.3 Å². The van der Waals surface area contributed by atoms with Gasteiger partial charge in [-0.1, -0.05) is 67.0 Å². The SMILES string of the molecule is CC[C@H](C)[C@@H]([C@@H](CC(=O)N1CCC[C@H]1[C@H](OC)[C@@H](C)C(=O)N[C@@H](Cc1ccc(O)cc1)C(=O)N1CCCCO1)OC)N(C)C(=O)[C@@H](NC(=O)[C@H](C(C)C)N(C)C)C(C)C. The summed E-state index contributed by atoms with van der Waals surface area (Å²) in [5.41, 5.74) is 0.756. The van der Waals surface area contributed by atoms with Crippen molar-refractivity contribution in [3.8, 4) is 5.75 Å². The summed E-state index contributed by atoms with van der Waals surface area (Å²) in [6.07, 6.45) is 2.52. The normalized spacial score (nSPS) is 20.1. The number of carbonyl (C=O) groups is 5. The maximum atomic E-state index is 14.3. The Morgan fingerprint density at radius 1 is 0.881 bits per heavy atom. The number of aromatic hydroxyl groups is 1. The van der Waals surface area contributed by atoms with Gasteiger partial charge in [-0.3, -0.25) is 33.7 Å². The Balaban J connectivity index is 1.81. The second kappa shape index (κ2) is 23.3. The molecular formula is C44H74N6O9. The van der Waals surface area contributed by atoms with E-state index in [9.17, 15) is 29.1 Å². The average molecular weight is 831 g/mol. The van der Waals surface area contributed by atoms with E-state index in [4.69, 9.17) is 14.3 Å². The second-order valence-corrected chi connectivity index (χ2v) is 17.4. The van der Waals surface area contributed by atoms with Crippen LogP contribution in [0.1, 0.15) is 92.6 Å². The number of methoxy groups -OCH3 is 2. The number of carbonyl (C=O) groups excluding carboxylic acids is 5. The van der Waals surface area contributed by atoms with Crippen LogP contribution in [-0.2, 0) is 44.7 Å². The second-order valence-electron chi connectivity index (χ2n) is 17.4. The van der Waals surface area contributed by atoms with Crippen molar-refractivity contribution in [2.75, 3.05) is 55.1 Å². The molecule has 0 spiro atoms. The molecule has 0 saturated carbocycles. The van der Waals surface area contributed by atoms with Crippen molar-refractivity contribution in [2.24, 2.45) is 23.7 Å². The molecule has 3 N–H and O–H groups in total. The van der Waals surface area contributed by atoms with Gasteiger partial charge in [0.05, 0.1) is 49.3 Å². The lowest BCUT2D eigenvalue weighted by Crippen LogP contribution is -2.59. The number of phenols is 1. The summed E-state index contributed by atoms with van der Waals surface area (Å²) in [7, 11) is 8.50. The molecule has 2 aliphatic heterocycles. The lowest BCUT2D eigenvalue weighted by atomic mass is 9.89. The standard InChI is InChI=1S/C44H74N6O9/c1-13-29(6)39(48(10)44(56)37(27(2)3)46-42(54)38(28(4)5)47(8)9)35(57-11)26-36(52)49-22-16-17-34(49)40(58-12)30(7)41(53)45-33(25-31-18-20-32(51)21-19-31)43(55)50-23-14-15-24-59-50/h18-21,27-30,33-35,37-40,51H,13-17,22-26H2,1-12H3,(H,45,53)(H,46,54)/t29-,30+,33-,34-,35+,37-,38-,39-,40+/m0/s1. The molecule has 2 heterocycles. The molecule has 2 aliphatic rings. The van der Waals surface area contributed by atoms with Crippen molar-refractivity contribution in [1.29, 1.82) is 0 Å². The molecule has 334 valence electrons. The fourth-order valence-corrected chi connectivity index (χ4v) is 8.73. The van der Waals surface area contributed by atoms with Crippen LogP contribution in [0.2, 0.25) is 0 Å². The van der Waals surface area contributed by atoms with Gasteiger partial charge in [0.15, 0.2) is 0 Å². The number of hydroxylamine groups is 2. The summed E-state index contributed by atoms with van der Waals surface area (Å²) in [6.45, 7) is 14.9. The van der Waals surface area contributed by atoms with Crippen LogP contribution in [0, 0.1) is 23.7 Å². The fraction of sp³-hybridized carbons (Fsp3) is 0.750. The highest BCUT2D eigenvalue weighted by Gasteiger charge is 2.44. The van der Waals surface area contributed by atoms with E-state index in [0.717, 1.165) is 24.8 Å². The third kappa shape index (κ3) is 13.1. The lowest BCUT2D eigenvalue weighted by molar-refractivity contribution is -0.199. The molecule has 0 aliphatic carbocycles. The van der Waals surface area contributed by atoms with E-state index >= 15 is 0 Å². The maximum Gasteiger partial charge on any atom is 0.269 e. The summed E-state index contributed by atoms with van der Waals surface area (Å²) < 4.78 is 12.0. The summed E-state index contributed by atoms with van der Waals surface area (Å²) in [4.78, 5) is 80.8. The quantitative estimate of drug-likeness (QED) is 0.166. The topological polar surface area (TPSA) is 170 Å². The van der Waals surface area contributed by atoms with Crippen LogP contribution in [0.3, 0.4) is 0 Å². The lowest BCUT2D eigenvalue weighted by Gasteiger charge is -2.41. The highest BCUT2D eigenvalue weighted by Crippen LogP contribution is 2.30. The number of phenolic OH excluding ortho intramolecular Hbond substituents is 1. The molecule has 1 aromatic rings. The van der Waals surface area contributed by atoms with Crippen molar-refractivity contribution in [2.45, 2.75) is 136 Å². The highest BCUT2D eigenvalue weighted by molar-refractivity contribution is 5.90. The monoisotopic (exact) mass is 831 g/mol. The first-order valence-corrected chi connectivity index (χ1v) is 21.5. The van der Waals surface area contributed by atoms with Crippen LogP contribution in [0.15, 0.2) is 24.3 Å². The molecule has 15 heteroatoms. The van der Waals surface area contributed by atoms with Gasteiger partial charge in [-0.25, -0.2) is 5.06 Å². The Labute approximate surface area is 352 Å². The van der Waals surface area contributed by atoms with Gasteiger partial charge < -0.3 is 35.0 Å². The fourth-order valence-electron chi connectivity index (χ4n) is 8.73. The number of likely N-dealkylation sites (N-methyl/N-ethyl adjacent to an activating group) is 2. The molecular weight excluding hydrogens is 757 g/mol. The molecule has 59 heavy (non-hydrogen) atoms. The van der Waals surface area contributed by atoms with Crippen LogP contribution in [0.4, 0.5) is 0 Å². The predicted molar refractivity (Wildman–Crippen MR) is 226 cm³/mol. The van der Waals surface area contributed by atoms with E-state index in [-0.39, 0.29) is 60.0 Å². The van der Waals surface area contributed by atoms with Gasteiger partial charge in [-0.2, -0.15) is 0 Å². The van der Waals surface area contributed by atoms with E-state index in [1.807, 2.05) is 60.5 Å². The van der Waals surface area contributed by atoms with Crippen LogP contribution in [-0.4, -0.2) is 152 Å². The van der Waals surface area contributed by atoms with Crippen molar-refractivity contribution >= 4 is 29.5 Å². The minimum absolute atomic E-state index is 0.00949. The molecule has 0 aromatic heterocycles. The number of hydrogen-bond acceptors (Lipinski definition) is 10. The zero-order valence-corrected chi connectivity index (χ0v) is 37.7. The predicted octanol–water partition coefficient (Wildman–Crippen LogP) is 3.62. The van der Waals surface area contributed by atoms with Gasteiger partial charge in [-0.05, 0) is 75.2 Å². The highest BCUT2D eigenvalue weighted by atomic mass is 16.7. The van der Waals surface area contributed by atoms with Gasteiger partial charge in [-0.15, -0.1) is 0 Å². The number of ether oxygens (including phenoxy) is 2. The van der Waals surface area contributed by atoms with E-state index in [0.29, 0.717) is 32.5 Å². The molecule has 3 rings (SSSR count). The van der Waals surface area contributed by atoms with E-state index in [1.54, 1.807) is 43.0 Å². The van der Waals surface area contributed by atoms with Crippen molar-refractivity contribution in [3.63, 3.8) is 0 Å². The molecule has 1 aromatic carbocycles. The van der Waals surface area contributed by atoms with Crippen molar-refractivity contribution in [3.05, 3.63) is 29.8 Å². The Hall–Kier alpha value is -3.79. The van der Waals surface area contributed by atoms with Crippen LogP contribution in [0.25, 0.3) is 0 Å². The van der Waals surface area contributed by atoms with E-state index < -0.39 is 54.2 Å². The number of hydrogen-bond donors (Lipinski definition) is 3. The van der Waals surface area contributed by atoms with Crippen LogP contribution in [0.5, 0.6) is 5.75 Å². The largest absolute Gasteiger partial charge is 0.508 e. The van der Waals surface area contributed by atoms with E-state index in [2.05, 4.69) is 10.6 Å². The van der Waals surface area contributed by atoms with Gasteiger partial charge in [0.1, 0.15) is 17.8 Å². The first-order chi connectivity index (χ1) is 27.9. The first kappa shape index (κ1) is 49.6.